The number of halogens is 4. The van der Waals surface area contributed by atoms with Gasteiger partial charge in [0.2, 0.25) is 0 Å². The number of ketones is 1. The third-order valence-corrected chi connectivity index (χ3v) is 2.84. The molecule has 0 amide bonds. The summed E-state index contributed by atoms with van der Waals surface area (Å²) in [6.45, 7) is -0.886. The lowest BCUT2D eigenvalue weighted by Crippen LogP contribution is -2.21. The van der Waals surface area contributed by atoms with E-state index in [4.69, 9.17) is 0 Å². The Morgan fingerprint density at radius 2 is 2.06 bits per heavy atom. The molecular formula is C9H6BrF3O3S. The Labute approximate surface area is 106 Å². The van der Waals surface area contributed by atoms with Crippen LogP contribution >= 0.6 is 15.9 Å². The molecule has 8 heteroatoms. The molecule has 0 N–H and O–H groups in total. The number of carbonyl (C=O) groups is 1. The average Bonchev–Trinajstić information content (AvgIpc) is 2.24. The Balaban J connectivity index is 2.60. The summed E-state index contributed by atoms with van der Waals surface area (Å²) in [7, 11) is 0. The Morgan fingerprint density at radius 1 is 1.41 bits per heavy atom. The van der Waals surface area contributed by atoms with E-state index in [0.717, 1.165) is 0 Å². The van der Waals surface area contributed by atoms with Gasteiger partial charge in [0.1, 0.15) is 6.61 Å². The van der Waals surface area contributed by atoms with Crippen molar-refractivity contribution in [2.45, 2.75) is 5.51 Å². The lowest BCUT2D eigenvalue weighted by molar-refractivity contribution is -0.0467. The van der Waals surface area contributed by atoms with E-state index >= 15 is 0 Å². The van der Waals surface area contributed by atoms with Crippen LogP contribution < -0.4 is 0 Å². The zero-order valence-corrected chi connectivity index (χ0v) is 10.6. The summed E-state index contributed by atoms with van der Waals surface area (Å²) in [4.78, 5) is 11.4. The van der Waals surface area contributed by atoms with Gasteiger partial charge in [-0.3, -0.25) is 8.98 Å². The standard InChI is InChI=1S/C9H6BrF3O3S/c10-7-3-1-2-6(4-7)8(14)5-16-17(15)9(11,12)13/h1-4H,5H2. The lowest BCUT2D eigenvalue weighted by Gasteiger charge is -2.05. The van der Waals surface area contributed by atoms with Crippen LogP contribution in [0.15, 0.2) is 28.7 Å². The van der Waals surface area contributed by atoms with E-state index in [-0.39, 0.29) is 5.56 Å². The topological polar surface area (TPSA) is 43.4 Å². The van der Waals surface area contributed by atoms with Gasteiger partial charge in [-0.25, -0.2) is 4.21 Å². The summed E-state index contributed by atoms with van der Waals surface area (Å²) in [5.41, 5.74) is -4.80. The van der Waals surface area contributed by atoms with E-state index in [1.165, 1.54) is 12.1 Å². The zero-order valence-electron chi connectivity index (χ0n) is 8.16. The van der Waals surface area contributed by atoms with Gasteiger partial charge in [-0.2, -0.15) is 13.2 Å². The highest BCUT2D eigenvalue weighted by molar-refractivity contribution is 9.10. The second kappa shape index (κ2) is 5.74. The van der Waals surface area contributed by atoms with Crippen molar-refractivity contribution in [2.24, 2.45) is 0 Å². The predicted molar refractivity (Wildman–Crippen MR) is 58.6 cm³/mol. The fraction of sp³-hybridized carbons (Fsp3) is 0.222. The van der Waals surface area contributed by atoms with Crippen molar-refractivity contribution in [3.63, 3.8) is 0 Å². The average molecular weight is 331 g/mol. The fourth-order valence-corrected chi connectivity index (χ4v) is 1.67. The van der Waals surface area contributed by atoms with Crippen LogP contribution in [0.4, 0.5) is 13.2 Å². The molecule has 1 rings (SSSR count). The highest BCUT2D eigenvalue weighted by Gasteiger charge is 2.38. The molecule has 1 aromatic rings. The maximum atomic E-state index is 11.8. The molecule has 0 aliphatic heterocycles. The number of hydrogen-bond acceptors (Lipinski definition) is 3. The van der Waals surface area contributed by atoms with Crippen molar-refractivity contribution in [3.8, 4) is 0 Å². The number of benzene rings is 1. The number of hydrogen-bond donors (Lipinski definition) is 0. The maximum absolute atomic E-state index is 11.8. The molecule has 0 heterocycles. The Morgan fingerprint density at radius 3 is 2.59 bits per heavy atom. The predicted octanol–water partition coefficient (Wildman–Crippen LogP) is 2.83. The molecule has 17 heavy (non-hydrogen) atoms. The summed E-state index contributed by atoms with van der Waals surface area (Å²) in [5.74, 6) is -0.677. The van der Waals surface area contributed by atoms with E-state index < -0.39 is 29.0 Å². The van der Waals surface area contributed by atoms with Crippen LogP contribution in [0.5, 0.6) is 0 Å². The summed E-state index contributed by atoms with van der Waals surface area (Å²) < 4.78 is 50.5. The molecular weight excluding hydrogens is 325 g/mol. The van der Waals surface area contributed by atoms with Gasteiger partial charge in [-0.05, 0) is 12.1 Å². The Kier molecular flexibility index (Phi) is 4.84. The van der Waals surface area contributed by atoms with Crippen LogP contribution in [-0.4, -0.2) is 22.1 Å². The van der Waals surface area contributed by atoms with Crippen LogP contribution in [0.1, 0.15) is 10.4 Å². The summed E-state index contributed by atoms with van der Waals surface area (Å²) >= 11 is -0.360. The number of alkyl halides is 3. The second-order valence-corrected chi connectivity index (χ2v) is 4.96. The van der Waals surface area contributed by atoms with Gasteiger partial charge in [-0.15, -0.1) is 0 Å². The molecule has 3 nitrogen and oxygen atoms in total. The van der Waals surface area contributed by atoms with Gasteiger partial charge in [0, 0.05) is 10.0 Å². The second-order valence-electron chi connectivity index (χ2n) is 2.88. The highest BCUT2D eigenvalue weighted by atomic mass is 79.9. The molecule has 1 aromatic carbocycles. The lowest BCUT2D eigenvalue weighted by atomic mass is 10.1. The first-order chi connectivity index (χ1) is 7.80. The third-order valence-electron chi connectivity index (χ3n) is 1.63. The van der Waals surface area contributed by atoms with E-state index in [0.29, 0.717) is 4.47 Å². The van der Waals surface area contributed by atoms with Gasteiger partial charge < -0.3 is 0 Å². The van der Waals surface area contributed by atoms with Crippen molar-refractivity contribution in [1.29, 1.82) is 0 Å². The first-order valence-corrected chi connectivity index (χ1v) is 6.08. The molecule has 0 aliphatic rings. The molecule has 1 atom stereocenters. The van der Waals surface area contributed by atoms with Crippen LogP contribution in [0.2, 0.25) is 0 Å². The summed E-state index contributed by atoms with van der Waals surface area (Å²) in [6, 6.07) is 6.07. The number of Topliss-reactive ketones (excluding diaryl/α,β-unsaturated/α-hetero) is 1. The first kappa shape index (κ1) is 14.3. The molecule has 0 saturated carbocycles. The molecule has 0 aromatic heterocycles. The molecule has 0 spiro atoms. The smallest absolute Gasteiger partial charge is 0.292 e. The molecule has 0 fully saturated rings. The largest absolute Gasteiger partial charge is 0.497 e. The van der Waals surface area contributed by atoms with Crippen molar-refractivity contribution in [2.75, 3.05) is 6.61 Å². The molecule has 0 aliphatic carbocycles. The molecule has 0 bridgehead atoms. The van der Waals surface area contributed by atoms with E-state index in [1.54, 1.807) is 12.1 Å². The van der Waals surface area contributed by atoms with Crippen molar-refractivity contribution >= 4 is 32.8 Å². The van der Waals surface area contributed by atoms with Crippen LogP contribution in [-0.2, 0) is 15.3 Å². The third kappa shape index (κ3) is 4.57. The number of carbonyl (C=O) groups excluding carboxylic acids is 1. The van der Waals surface area contributed by atoms with E-state index in [2.05, 4.69) is 20.1 Å². The minimum absolute atomic E-state index is 0.179. The van der Waals surface area contributed by atoms with Crippen LogP contribution in [0.3, 0.4) is 0 Å². The molecule has 0 saturated heterocycles. The zero-order chi connectivity index (χ0) is 13.1. The van der Waals surface area contributed by atoms with Gasteiger partial charge in [0.25, 0.3) is 11.1 Å². The monoisotopic (exact) mass is 330 g/mol. The van der Waals surface area contributed by atoms with Crippen molar-refractivity contribution < 1.29 is 26.4 Å². The van der Waals surface area contributed by atoms with Gasteiger partial charge >= 0.3 is 5.51 Å². The normalized spacial score (nSPS) is 13.4. The summed E-state index contributed by atoms with van der Waals surface area (Å²) in [5, 5.41) is 0. The van der Waals surface area contributed by atoms with Crippen molar-refractivity contribution in [1.82, 2.24) is 0 Å². The quantitative estimate of drug-likeness (QED) is 0.797. The Bertz CT molecular complexity index is 447. The van der Waals surface area contributed by atoms with Crippen LogP contribution in [0, 0.1) is 0 Å². The minimum atomic E-state index is -4.97. The van der Waals surface area contributed by atoms with E-state index in [9.17, 15) is 22.2 Å². The van der Waals surface area contributed by atoms with Crippen molar-refractivity contribution in [3.05, 3.63) is 34.3 Å². The summed E-state index contributed by atoms with van der Waals surface area (Å²) in [6.07, 6.45) is 0. The Hall–Kier alpha value is -0.730. The maximum Gasteiger partial charge on any atom is 0.497 e. The number of rotatable bonds is 4. The molecule has 1 unspecified atom stereocenters. The van der Waals surface area contributed by atoms with Gasteiger partial charge in [0.05, 0.1) is 0 Å². The van der Waals surface area contributed by atoms with E-state index in [1.807, 2.05) is 0 Å². The SMILES string of the molecule is O=C(COS(=O)C(F)(F)F)c1cccc(Br)c1. The van der Waals surface area contributed by atoms with Gasteiger partial charge in [0.15, 0.2) is 5.78 Å². The van der Waals surface area contributed by atoms with Gasteiger partial charge in [-0.1, -0.05) is 28.1 Å². The molecule has 94 valence electrons. The fourth-order valence-electron chi connectivity index (χ4n) is 0.919. The first-order valence-electron chi connectivity index (χ1n) is 4.21. The highest BCUT2D eigenvalue weighted by Crippen LogP contribution is 2.21. The molecule has 0 radical (unpaired) electrons. The minimum Gasteiger partial charge on any atom is -0.292 e. The van der Waals surface area contributed by atoms with Crippen LogP contribution in [0.25, 0.3) is 0 Å².